The van der Waals surface area contributed by atoms with Crippen LogP contribution in [0, 0.1) is 11.8 Å². The number of Topliss-reactive ketones (excluding diaryl/α,β-unsaturated/α-hetero) is 2. The van der Waals surface area contributed by atoms with Gasteiger partial charge in [-0.2, -0.15) is 0 Å². The number of fused-ring (bicyclic) bond motifs is 3. The predicted octanol–water partition coefficient (Wildman–Crippen LogP) is 1.48. The van der Waals surface area contributed by atoms with E-state index in [0.29, 0.717) is 17.7 Å². The van der Waals surface area contributed by atoms with Crippen LogP contribution in [0.4, 0.5) is 5.69 Å². The molecule has 222 valence electrons. The number of rotatable bonds is 7. The number of aliphatic hydroxyl groups is 3. The highest BCUT2D eigenvalue weighted by Gasteiger charge is 2.63. The van der Waals surface area contributed by atoms with Gasteiger partial charge in [0.2, 0.25) is 5.78 Å². The highest BCUT2D eigenvalue weighted by Crippen LogP contribution is 2.53. The van der Waals surface area contributed by atoms with Crippen molar-refractivity contribution in [2.75, 3.05) is 33.1 Å². The van der Waals surface area contributed by atoms with Crippen LogP contribution in [0.15, 0.2) is 59.1 Å². The number of hydrogen-bond acceptors (Lipinski definition) is 10. The molecular weight excluding hydrogens is 540 g/mol. The lowest BCUT2D eigenvalue weighted by Crippen LogP contribution is -2.63. The largest absolute Gasteiger partial charge is 0.510 e. The van der Waals surface area contributed by atoms with Gasteiger partial charge < -0.3 is 36.4 Å². The summed E-state index contributed by atoms with van der Waals surface area (Å²) in [6, 6.07) is 10.5. The van der Waals surface area contributed by atoms with Gasteiger partial charge in [0.25, 0.3) is 5.91 Å². The highest BCUT2D eigenvalue weighted by molar-refractivity contribution is 6.25. The standard InChI is InChI=1S/C31H36N4O7/c1-34(2)20-12-17(14-33-13-15-8-6-5-7-9-15)25(36)22-18(20)10-16-11-19-24(35(3)4)27(38)23(30(32)41)29(40)31(19,42)28(39)21(16)26(22)37/h5-9,12,16,19,24,33,36,38-39,42H,10-11,13-14H2,1-4H3,(H2,32,41)/t16-,19-,24?,31-/m0/s1. The predicted molar refractivity (Wildman–Crippen MR) is 155 cm³/mol. The zero-order valence-electron chi connectivity index (χ0n) is 24.0. The quantitative estimate of drug-likeness (QED) is 0.265. The average molecular weight is 577 g/mol. The zero-order valence-corrected chi connectivity index (χ0v) is 24.0. The van der Waals surface area contributed by atoms with Crippen molar-refractivity contribution in [3.05, 3.63) is 81.3 Å². The number of nitrogens with zero attached hydrogens (tertiary/aromatic N) is 2. The average Bonchev–Trinajstić information content (AvgIpc) is 2.92. The summed E-state index contributed by atoms with van der Waals surface area (Å²) in [6.45, 7) is 0.778. The number of aliphatic hydroxyl groups excluding tert-OH is 2. The number of primary amides is 1. The summed E-state index contributed by atoms with van der Waals surface area (Å²) < 4.78 is 0. The maximum atomic E-state index is 14.1. The van der Waals surface area contributed by atoms with Crippen LogP contribution in [0.1, 0.15) is 33.5 Å². The number of nitrogens with two attached hydrogens (primary N) is 1. The molecule has 1 unspecified atom stereocenters. The number of benzene rings is 2. The Bertz CT molecular complexity index is 1550. The minimum Gasteiger partial charge on any atom is -0.510 e. The summed E-state index contributed by atoms with van der Waals surface area (Å²) >= 11 is 0. The molecular formula is C31H36N4O7. The fourth-order valence-electron chi connectivity index (χ4n) is 6.82. The van der Waals surface area contributed by atoms with Crippen LogP contribution < -0.4 is 16.0 Å². The van der Waals surface area contributed by atoms with Crippen molar-refractivity contribution in [1.29, 1.82) is 0 Å². The van der Waals surface area contributed by atoms with Gasteiger partial charge in [-0.15, -0.1) is 0 Å². The first-order chi connectivity index (χ1) is 19.8. The van der Waals surface area contributed by atoms with Crippen molar-refractivity contribution in [2.45, 2.75) is 37.6 Å². The van der Waals surface area contributed by atoms with E-state index in [9.17, 15) is 34.8 Å². The van der Waals surface area contributed by atoms with Gasteiger partial charge in [-0.1, -0.05) is 30.3 Å². The van der Waals surface area contributed by atoms with Crippen LogP contribution in [0.3, 0.4) is 0 Å². The number of aromatic hydroxyl groups is 1. The first kappa shape index (κ1) is 29.3. The second-order valence-corrected chi connectivity index (χ2v) is 11.7. The summed E-state index contributed by atoms with van der Waals surface area (Å²) in [4.78, 5) is 43.2. The molecule has 42 heavy (non-hydrogen) atoms. The van der Waals surface area contributed by atoms with Crippen LogP contribution >= 0.6 is 0 Å². The molecule has 0 aliphatic heterocycles. The zero-order chi connectivity index (χ0) is 30.7. The Kier molecular flexibility index (Phi) is 7.38. The summed E-state index contributed by atoms with van der Waals surface area (Å²) in [5.41, 5.74) is 4.55. The van der Waals surface area contributed by atoms with Crippen molar-refractivity contribution >= 4 is 23.2 Å². The molecule has 0 heterocycles. The van der Waals surface area contributed by atoms with E-state index in [1.54, 1.807) is 14.1 Å². The maximum Gasteiger partial charge on any atom is 0.255 e. The third kappa shape index (κ3) is 4.36. The Morgan fingerprint density at radius 1 is 1.07 bits per heavy atom. The summed E-state index contributed by atoms with van der Waals surface area (Å²) in [5.74, 6) is -6.62. The molecule has 11 nitrogen and oxygen atoms in total. The number of nitrogens with one attached hydrogen (secondary N) is 1. The molecule has 0 radical (unpaired) electrons. The maximum absolute atomic E-state index is 14.1. The van der Waals surface area contributed by atoms with Gasteiger partial charge in [0.1, 0.15) is 22.8 Å². The van der Waals surface area contributed by atoms with E-state index in [4.69, 9.17) is 5.73 Å². The molecule has 7 N–H and O–H groups in total. The number of anilines is 1. The van der Waals surface area contributed by atoms with Crippen LogP contribution in [0.2, 0.25) is 0 Å². The lowest BCUT2D eigenvalue weighted by molar-refractivity contribution is -0.148. The summed E-state index contributed by atoms with van der Waals surface area (Å²) in [5, 5.41) is 48.9. The first-order valence-corrected chi connectivity index (χ1v) is 13.7. The minimum atomic E-state index is -2.67. The molecule has 0 saturated carbocycles. The molecule has 0 saturated heterocycles. The van der Waals surface area contributed by atoms with Crippen LogP contribution in [-0.2, 0) is 29.1 Å². The SMILES string of the molecule is CN(C)c1cc(CNCc2ccccc2)c(O)c2c1C[C@H]1C[C@H]3C(N(C)C)C(O)=C(C(N)=O)C(=O)[C@@]3(O)C(O)=C1C2=O. The molecule has 3 aliphatic carbocycles. The van der Waals surface area contributed by atoms with Crippen LogP contribution in [-0.4, -0.2) is 82.6 Å². The van der Waals surface area contributed by atoms with E-state index in [0.717, 1.165) is 11.3 Å². The molecule has 5 rings (SSSR count). The Morgan fingerprint density at radius 3 is 2.33 bits per heavy atom. The Morgan fingerprint density at radius 2 is 1.74 bits per heavy atom. The number of likely N-dealkylation sites (N-methyl/N-ethyl adjacent to an activating group) is 1. The van der Waals surface area contributed by atoms with Crippen molar-refractivity contribution in [3.63, 3.8) is 0 Å². The Balaban J connectivity index is 1.61. The van der Waals surface area contributed by atoms with Crippen molar-refractivity contribution < 1.29 is 34.8 Å². The molecule has 4 atom stereocenters. The number of phenolic OH excluding ortho intramolecular Hbond substituents is 1. The van der Waals surface area contributed by atoms with Gasteiger partial charge in [-0.25, -0.2) is 0 Å². The topological polar surface area (TPSA) is 177 Å². The number of allylic oxidation sites excluding steroid dienone is 1. The number of carbonyl (C=O) groups is 3. The number of amides is 1. The summed E-state index contributed by atoms with van der Waals surface area (Å²) in [7, 11) is 6.86. The molecule has 3 aliphatic rings. The molecule has 1 amide bonds. The molecule has 0 fully saturated rings. The van der Waals surface area contributed by atoms with Crippen molar-refractivity contribution in [1.82, 2.24) is 10.2 Å². The third-order valence-corrected chi connectivity index (χ3v) is 8.75. The lowest BCUT2D eigenvalue weighted by atomic mass is 9.58. The van der Waals surface area contributed by atoms with Gasteiger partial charge in [-0.3, -0.25) is 19.3 Å². The van der Waals surface area contributed by atoms with E-state index in [-0.39, 0.29) is 36.3 Å². The second-order valence-electron chi connectivity index (χ2n) is 11.7. The number of carbonyl (C=O) groups excluding carboxylic acids is 3. The van der Waals surface area contributed by atoms with Crippen molar-refractivity contribution in [3.8, 4) is 5.75 Å². The number of hydrogen-bond donors (Lipinski definition) is 6. The van der Waals surface area contributed by atoms with Gasteiger partial charge in [-0.05, 0) is 50.0 Å². The van der Waals surface area contributed by atoms with E-state index in [1.807, 2.05) is 55.4 Å². The molecule has 0 bridgehead atoms. The fraction of sp³-hybridized carbons (Fsp3) is 0.387. The van der Waals surface area contributed by atoms with Crippen LogP contribution in [0.25, 0.3) is 0 Å². The minimum absolute atomic E-state index is 0.00140. The van der Waals surface area contributed by atoms with Crippen molar-refractivity contribution in [2.24, 2.45) is 17.6 Å². The fourth-order valence-corrected chi connectivity index (χ4v) is 6.82. The molecule has 11 heteroatoms. The van der Waals surface area contributed by atoms with E-state index in [1.165, 1.54) is 4.90 Å². The second kappa shape index (κ2) is 10.6. The van der Waals surface area contributed by atoms with Gasteiger partial charge >= 0.3 is 0 Å². The first-order valence-electron chi connectivity index (χ1n) is 13.7. The molecule has 2 aromatic rings. The third-order valence-electron chi connectivity index (χ3n) is 8.75. The van der Waals surface area contributed by atoms with Gasteiger partial charge in [0, 0.05) is 49.9 Å². The highest BCUT2D eigenvalue weighted by atomic mass is 16.3. The lowest BCUT2D eigenvalue weighted by Gasteiger charge is -2.50. The van der Waals surface area contributed by atoms with Gasteiger partial charge in [0.15, 0.2) is 11.4 Å². The number of phenols is 1. The normalized spacial score (nSPS) is 25.3. The Hall–Kier alpha value is -4.19. The van der Waals surface area contributed by atoms with E-state index >= 15 is 0 Å². The number of ketones is 2. The monoisotopic (exact) mass is 576 g/mol. The summed E-state index contributed by atoms with van der Waals surface area (Å²) in [6.07, 6.45) is 0.271. The molecule has 2 aromatic carbocycles. The van der Waals surface area contributed by atoms with E-state index < -0.39 is 58.0 Å². The Labute approximate surface area is 243 Å². The molecule has 0 aromatic heterocycles. The van der Waals surface area contributed by atoms with E-state index in [2.05, 4.69) is 5.32 Å². The van der Waals surface area contributed by atoms with Gasteiger partial charge in [0.05, 0.1) is 11.6 Å². The molecule has 0 spiro atoms. The van der Waals surface area contributed by atoms with Crippen LogP contribution in [0.5, 0.6) is 5.75 Å². The smallest absolute Gasteiger partial charge is 0.255 e.